The molecule has 2 nitrogen and oxygen atoms in total. The third-order valence-electron chi connectivity index (χ3n) is 4.64. The standard InChI is InChI=1S/C18H23ClN2/c1-12-8-14-10-15(11-20-16-6-4-3-5-7-16)18(19)21-17(14)9-13(12)2/h8-10,16,20H,3-7,11H2,1-2H3. The third-order valence-corrected chi connectivity index (χ3v) is 4.97. The normalized spacial score (nSPS) is 16.5. The number of pyridine rings is 1. The molecule has 1 aliphatic rings. The van der Waals surface area contributed by atoms with Crippen molar-refractivity contribution in [2.45, 2.75) is 58.5 Å². The summed E-state index contributed by atoms with van der Waals surface area (Å²) in [5, 5.41) is 5.46. The van der Waals surface area contributed by atoms with Gasteiger partial charge < -0.3 is 5.32 Å². The van der Waals surface area contributed by atoms with Crippen molar-refractivity contribution < 1.29 is 0 Å². The second-order valence-corrected chi connectivity index (χ2v) is 6.64. The van der Waals surface area contributed by atoms with E-state index in [-0.39, 0.29) is 0 Å². The zero-order valence-electron chi connectivity index (χ0n) is 12.9. The highest BCUT2D eigenvalue weighted by Gasteiger charge is 2.14. The molecule has 0 amide bonds. The second-order valence-electron chi connectivity index (χ2n) is 6.28. The Kier molecular flexibility index (Phi) is 4.46. The van der Waals surface area contributed by atoms with E-state index in [1.807, 2.05) is 0 Å². The number of nitrogens with zero attached hydrogens (tertiary/aromatic N) is 1. The van der Waals surface area contributed by atoms with E-state index >= 15 is 0 Å². The summed E-state index contributed by atoms with van der Waals surface area (Å²) in [6.45, 7) is 5.07. The van der Waals surface area contributed by atoms with Gasteiger partial charge in [-0.2, -0.15) is 0 Å². The van der Waals surface area contributed by atoms with Crippen molar-refractivity contribution in [1.82, 2.24) is 10.3 Å². The molecule has 3 rings (SSSR count). The average molecular weight is 303 g/mol. The SMILES string of the molecule is Cc1cc2cc(CNC3CCCCC3)c(Cl)nc2cc1C. The number of halogens is 1. The van der Waals surface area contributed by atoms with Gasteiger partial charge in [0.15, 0.2) is 0 Å². The molecule has 1 N–H and O–H groups in total. The molecule has 0 atom stereocenters. The van der Waals surface area contributed by atoms with Crippen molar-refractivity contribution in [1.29, 1.82) is 0 Å². The molecule has 0 saturated heterocycles. The van der Waals surface area contributed by atoms with E-state index in [1.165, 1.54) is 48.6 Å². The third kappa shape index (κ3) is 3.38. The smallest absolute Gasteiger partial charge is 0.134 e. The van der Waals surface area contributed by atoms with Gasteiger partial charge in [-0.1, -0.05) is 30.9 Å². The predicted molar refractivity (Wildman–Crippen MR) is 89.9 cm³/mol. The van der Waals surface area contributed by atoms with Gasteiger partial charge in [-0.25, -0.2) is 4.98 Å². The first-order chi connectivity index (χ1) is 10.1. The van der Waals surface area contributed by atoms with Crippen LogP contribution in [-0.4, -0.2) is 11.0 Å². The molecule has 1 saturated carbocycles. The number of rotatable bonds is 3. The molecule has 1 aromatic heterocycles. The number of nitrogens with one attached hydrogen (secondary N) is 1. The fourth-order valence-corrected chi connectivity index (χ4v) is 3.36. The highest BCUT2D eigenvalue weighted by Crippen LogP contribution is 2.24. The van der Waals surface area contributed by atoms with E-state index in [0.29, 0.717) is 11.2 Å². The number of hydrogen-bond acceptors (Lipinski definition) is 2. The summed E-state index contributed by atoms with van der Waals surface area (Å²) in [5.41, 5.74) is 4.67. The minimum absolute atomic E-state index is 0.633. The Labute approximate surface area is 131 Å². The summed E-state index contributed by atoms with van der Waals surface area (Å²) in [6, 6.07) is 7.16. The van der Waals surface area contributed by atoms with Crippen molar-refractivity contribution in [3.63, 3.8) is 0 Å². The molecule has 3 heteroatoms. The molecule has 1 fully saturated rings. The lowest BCUT2D eigenvalue weighted by atomic mass is 9.95. The Balaban J connectivity index is 1.81. The van der Waals surface area contributed by atoms with Crippen molar-refractivity contribution in [2.75, 3.05) is 0 Å². The zero-order chi connectivity index (χ0) is 14.8. The quantitative estimate of drug-likeness (QED) is 0.813. The highest BCUT2D eigenvalue weighted by molar-refractivity contribution is 6.30. The number of hydrogen-bond donors (Lipinski definition) is 1. The van der Waals surface area contributed by atoms with Crippen LogP contribution in [0.1, 0.15) is 48.8 Å². The van der Waals surface area contributed by atoms with Gasteiger partial charge in [0.2, 0.25) is 0 Å². The molecule has 2 aromatic rings. The summed E-state index contributed by atoms with van der Waals surface area (Å²) in [4.78, 5) is 4.57. The van der Waals surface area contributed by atoms with E-state index in [1.54, 1.807) is 0 Å². The lowest BCUT2D eigenvalue weighted by Crippen LogP contribution is -2.30. The summed E-state index contributed by atoms with van der Waals surface area (Å²) in [6.07, 6.45) is 6.66. The van der Waals surface area contributed by atoms with Gasteiger partial charge in [-0.3, -0.25) is 0 Å². The maximum atomic E-state index is 6.36. The molecule has 1 heterocycles. The Morgan fingerprint density at radius 1 is 1.10 bits per heavy atom. The second kappa shape index (κ2) is 6.33. The first kappa shape index (κ1) is 14.8. The van der Waals surface area contributed by atoms with Crippen LogP contribution in [0.3, 0.4) is 0 Å². The van der Waals surface area contributed by atoms with Gasteiger partial charge in [0.05, 0.1) is 5.52 Å². The molecule has 0 aliphatic heterocycles. The summed E-state index contributed by atoms with van der Waals surface area (Å²) in [5.74, 6) is 0. The van der Waals surface area contributed by atoms with Gasteiger partial charge in [0.25, 0.3) is 0 Å². The molecular formula is C18H23ClN2. The molecule has 112 valence electrons. The maximum Gasteiger partial charge on any atom is 0.134 e. The summed E-state index contributed by atoms with van der Waals surface area (Å²) >= 11 is 6.36. The fourth-order valence-electron chi connectivity index (χ4n) is 3.15. The van der Waals surface area contributed by atoms with Crippen LogP contribution in [0, 0.1) is 13.8 Å². The van der Waals surface area contributed by atoms with Crippen molar-refractivity contribution in [3.05, 3.63) is 40.0 Å². The van der Waals surface area contributed by atoms with Crippen LogP contribution in [0.5, 0.6) is 0 Å². The zero-order valence-corrected chi connectivity index (χ0v) is 13.6. The van der Waals surface area contributed by atoms with Crippen molar-refractivity contribution in [3.8, 4) is 0 Å². The number of benzene rings is 1. The lowest BCUT2D eigenvalue weighted by Gasteiger charge is -2.23. The topological polar surface area (TPSA) is 24.9 Å². The van der Waals surface area contributed by atoms with Gasteiger partial charge >= 0.3 is 0 Å². The van der Waals surface area contributed by atoms with Crippen LogP contribution in [0.15, 0.2) is 18.2 Å². The minimum atomic E-state index is 0.633. The lowest BCUT2D eigenvalue weighted by molar-refractivity contribution is 0.372. The maximum absolute atomic E-state index is 6.36. The van der Waals surface area contributed by atoms with Crippen LogP contribution in [0.2, 0.25) is 5.15 Å². The van der Waals surface area contributed by atoms with Crippen LogP contribution in [0.4, 0.5) is 0 Å². The van der Waals surface area contributed by atoms with Crippen LogP contribution >= 0.6 is 11.6 Å². The molecule has 1 aromatic carbocycles. The largest absolute Gasteiger partial charge is 0.310 e. The van der Waals surface area contributed by atoms with Gasteiger partial charge in [-0.15, -0.1) is 0 Å². The van der Waals surface area contributed by atoms with E-state index in [2.05, 4.69) is 42.3 Å². The Bertz CT molecular complexity index is 645. The van der Waals surface area contributed by atoms with E-state index in [9.17, 15) is 0 Å². The number of aryl methyl sites for hydroxylation is 2. The average Bonchev–Trinajstić information content (AvgIpc) is 2.48. The summed E-state index contributed by atoms with van der Waals surface area (Å²) < 4.78 is 0. The van der Waals surface area contributed by atoms with E-state index in [4.69, 9.17) is 11.6 Å². The predicted octanol–water partition coefficient (Wildman–Crippen LogP) is 4.93. The summed E-state index contributed by atoms with van der Waals surface area (Å²) in [7, 11) is 0. The Hall–Kier alpha value is -1.12. The Morgan fingerprint density at radius 3 is 2.57 bits per heavy atom. The highest BCUT2D eigenvalue weighted by atomic mass is 35.5. The monoisotopic (exact) mass is 302 g/mol. The fraction of sp³-hybridized carbons (Fsp3) is 0.500. The van der Waals surface area contributed by atoms with Gasteiger partial charge in [0, 0.05) is 23.5 Å². The van der Waals surface area contributed by atoms with E-state index in [0.717, 1.165) is 17.6 Å². The molecule has 0 radical (unpaired) electrons. The molecule has 0 bridgehead atoms. The number of aromatic nitrogens is 1. The van der Waals surface area contributed by atoms with Gasteiger partial charge in [-0.05, 0) is 56.0 Å². The van der Waals surface area contributed by atoms with Crippen molar-refractivity contribution in [2.24, 2.45) is 0 Å². The minimum Gasteiger partial charge on any atom is -0.310 e. The van der Waals surface area contributed by atoms with Gasteiger partial charge in [0.1, 0.15) is 5.15 Å². The molecule has 21 heavy (non-hydrogen) atoms. The van der Waals surface area contributed by atoms with Crippen LogP contribution in [0.25, 0.3) is 10.9 Å². The van der Waals surface area contributed by atoms with E-state index < -0.39 is 0 Å². The van der Waals surface area contributed by atoms with Crippen LogP contribution < -0.4 is 5.32 Å². The molecule has 0 spiro atoms. The Morgan fingerprint density at radius 2 is 1.81 bits per heavy atom. The number of fused-ring (bicyclic) bond motifs is 1. The van der Waals surface area contributed by atoms with Crippen LogP contribution in [-0.2, 0) is 6.54 Å². The molecule has 0 unspecified atom stereocenters. The first-order valence-electron chi connectivity index (χ1n) is 7.93. The molecule has 1 aliphatic carbocycles. The molecular weight excluding hydrogens is 280 g/mol. The van der Waals surface area contributed by atoms with Crippen molar-refractivity contribution >= 4 is 22.5 Å². The first-order valence-corrected chi connectivity index (χ1v) is 8.31.